The molecule has 0 amide bonds. The number of benzene rings is 2. The first-order valence-corrected chi connectivity index (χ1v) is 8.40. The van der Waals surface area contributed by atoms with E-state index in [9.17, 15) is 5.11 Å². The second-order valence-corrected chi connectivity index (χ2v) is 7.34. The zero-order valence-corrected chi connectivity index (χ0v) is 14.6. The molecule has 0 aliphatic heterocycles. The predicted molar refractivity (Wildman–Crippen MR) is 104 cm³/mol. The number of aromatic hydroxyl groups is 1. The molecule has 2 aromatic carbocycles. The van der Waals surface area contributed by atoms with Crippen LogP contribution < -0.4 is 5.32 Å². The number of hydrogen-bond donors (Lipinski definition) is 3. The van der Waals surface area contributed by atoms with Crippen LogP contribution in [0.2, 0.25) is 0 Å². The molecule has 0 aliphatic rings. The van der Waals surface area contributed by atoms with Gasteiger partial charge in [-0.25, -0.2) is 4.98 Å². The fraction of sp³-hybridized carbons (Fsp3) is 0.190. The summed E-state index contributed by atoms with van der Waals surface area (Å²) >= 11 is 0. The first kappa shape index (κ1) is 15.5. The van der Waals surface area contributed by atoms with Gasteiger partial charge in [-0.05, 0) is 39.0 Å². The summed E-state index contributed by atoms with van der Waals surface area (Å²) in [5, 5.41) is 16.1. The normalized spacial score (nSPS) is 12.0. The number of aromatic amines is 1. The topological polar surface area (TPSA) is 60.9 Å². The van der Waals surface area contributed by atoms with Crippen LogP contribution in [0.1, 0.15) is 20.8 Å². The van der Waals surface area contributed by atoms with Gasteiger partial charge in [0.25, 0.3) is 0 Å². The van der Waals surface area contributed by atoms with Gasteiger partial charge in [-0.3, -0.25) is 0 Å². The summed E-state index contributed by atoms with van der Waals surface area (Å²) in [4.78, 5) is 7.84. The second-order valence-electron chi connectivity index (χ2n) is 7.34. The molecule has 0 radical (unpaired) electrons. The molecule has 0 spiro atoms. The van der Waals surface area contributed by atoms with Crippen molar-refractivity contribution in [2.45, 2.75) is 26.3 Å². The minimum atomic E-state index is -0.0797. The fourth-order valence-electron chi connectivity index (χ4n) is 3.20. The Bertz CT molecular complexity index is 1070. The number of nitrogens with zero attached hydrogens (tertiary/aromatic N) is 1. The molecule has 0 bridgehead atoms. The fourth-order valence-corrected chi connectivity index (χ4v) is 3.20. The van der Waals surface area contributed by atoms with Crippen molar-refractivity contribution in [1.29, 1.82) is 0 Å². The Morgan fingerprint density at radius 2 is 1.64 bits per heavy atom. The predicted octanol–water partition coefficient (Wildman–Crippen LogP) is 5.30. The molecule has 0 saturated heterocycles. The first-order valence-electron chi connectivity index (χ1n) is 8.40. The van der Waals surface area contributed by atoms with Crippen molar-refractivity contribution in [1.82, 2.24) is 9.97 Å². The minimum absolute atomic E-state index is 0.0797. The molecular formula is C21H21N3O. The highest BCUT2D eigenvalue weighted by Crippen LogP contribution is 2.38. The van der Waals surface area contributed by atoms with Crippen molar-refractivity contribution in [2.75, 3.05) is 5.32 Å². The van der Waals surface area contributed by atoms with Gasteiger partial charge >= 0.3 is 0 Å². The lowest BCUT2D eigenvalue weighted by Crippen LogP contribution is -2.26. The van der Waals surface area contributed by atoms with E-state index in [2.05, 4.69) is 37.1 Å². The third-order valence-corrected chi connectivity index (χ3v) is 4.17. The summed E-state index contributed by atoms with van der Waals surface area (Å²) in [6.07, 6.45) is 0. The Hall–Kier alpha value is -3.01. The molecule has 0 fully saturated rings. The maximum absolute atomic E-state index is 10.5. The highest BCUT2D eigenvalue weighted by molar-refractivity contribution is 6.01. The highest BCUT2D eigenvalue weighted by atomic mass is 16.3. The van der Waals surface area contributed by atoms with Crippen LogP contribution in [0.3, 0.4) is 0 Å². The molecule has 3 N–H and O–H groups in total. The smallest absolute Gasteiger partial charge is 0.199 e. The van der Waals surface area contributed by atoms with Gasteiger partial charge in [0.15, 0.2) is 5.88 Å². The summed E-state index contributed by atoms with van der Waals surface area (Å²) < 4.78 is 0. The van der Waals surface area contributed by atoms with E-state index in [1.807, 2.05) is 48.5 Å². The van der Waals surface area contributed by atoms with E-state index in [4.69, 9.17) is 4.98 Å². The van der Waals surface area contributed by atoms with E-state index in [1.54, 1.807) is 0 Å². The summed E-state index contributed by atoms with van der Waals surface area (Å²) in [7, 11) is 0. The van der Waals surface area contributed by atoms with Crippen molar-refractivity contribution in [2.24, 2.45) is 0 Å². The highest BCUT2D eigenvalue weighted by Gasteiger charge is 2.18. The molecule has 126 valence electrons. The quantitative estimate of drug-likeness (QED) is 0.467. The van der Waals surface area contributed by atoms with Crippen LogP contribution in [0.4, 0.5) is 5.69 Å². The number of nitrogens with one attached hydrogen (secondary N) is 2. The van der Waals surface area contributed by atoms with Crippen molar-refractivity contribution >= 4 is 27.5 Å². The average molecular weight is 331 g/mol. The van der Waals surface area contributed by atoms with Gasteiger partial charge in [-0.2, -0.15) is 0 Å². The van der Waals surface area contributed by atoms with Crippen LogP contribution in [0.5, 0.6) is 5.88 Å². The van der Waals surface area contributed by atoms with Gasteiger partial charge in [0.2, 0.25) is 0 Å². The molecule has 4 heteroatoms. The number of aromatic nitrogens is 2. The number of rotatable bonds is 2. The molecule has 4 rings (SSSR count). The zero-order chi connectivity index (χ0) is 17.6. The zero-order valence-electron chi connectivity index (χ0n) is 14.6. The summed E-state index contributed by atoms with van der Waals surface area (Å²) in [5.74, 6) is 0.144. The summed E-state index contributed by atoms with van der Waals surface area (Å²) in [6.45, 7) is 6.39. The Kier molecular flexibility index (Phi) is 3.42. The number of para-hydroxylation sites is 2. The van der Waals surface area contributed by atoms with E-state index in [0.29, 0.717) is 0 Å². The minimum Gasteiger partial charge on any atom is -0.494 e. The molecular weight excluding hydrogens is 310 g/mol. The molecule has 0 unspecified atom stereocenters. The van der Waals surface area contributed by atoms with Gasteiger partial charge in [-0.1, -0.05) is 36.4 Å². The van der Waals surface area contributed by atoms with E-state index < -0.39 is 0 Å². The number of fused-ring (bicyclic) bond motifs is 2. The van der Waals surface area contributed by atoms with Crippen LogP contribution in [0.15, 0.2) is 54.6 Å². The maximum atomic E-state index is 10.5. The second kappa shape index (κ2) is 5.52. The number of pyridine rings is 1. The third-order valence-electron chi connectivity index (χ3n) is 4.17. The van der Waals surface area contributed by atoms with E-state index in [0.717, 1.165) is 38.8 Å². The van der Waals surface area contributed by atoms with E-state index in [1.165, 1.54) is 0 Å². The van der Waals surface area contributed by atoms with Crippen LogP contribution in [-0.2, 0) is 0 Å². The standard InChI is InChI=1S/C21H21N3O/c1-21(2,3)24-17-12-18(22-15-10-6-4-8-13(15)17)19-14-9-5-7-11-16(14)23-20(19)25/h4-12,23,25H,1-3H3,(H,22,24). The lowest BCUT2D eigenvalue weighted by atomic mass is 10.0. The number of hydrogen-bond acceptors (Lipinski definition) is 3. The van der Waals surface area contributed by atoms with Crippen molar-refractivity contribution in [3.63, 3.8) is 0 Å². The van der Waals surface area contributed by atoms with Gasteiger partial charge in [0.05, 0.1) is 16.8 Å². The Balaban J connectivity index is 2.00. The molecule has 2 aromatic heterocycles. The van der Waals surface area contributed by atoms with E-state index in [-0.39, 0.29) is 11.4 Å². The van der Waals surface area contributed by atoms with Gasteiger partial charge in [-0.15, -0.1) is 0 Å². The molecule has 0 atom stereocenters. The SMILES string of the molecule is CC(C)(C)Nc1cc(-c2c(O)[nH]c3ccccc23)nc2ccccc12. The van der Waals surface area contributed by atoms with Gasteiger partial charge < -0.3 is 15.4 Å². The molecule has 4 nitrogen and oxygen atoms in total. The summed E-state index contributed by atoms with van der Waals surface area (Å²) in [5.41, 5.74) is 4.21. The van der Waals surface area contributed by atoms with Crippen LogP contribution in [0.25, 0.3) is 33.1 Å². The van der Waals surface area contributed by atoms with Crippen LogP contribution >= 0.6 is 0 Å². The number of H-pyrrole nitrogens is 1. The summed E-state index contributed by atoms with van der Waals surface area (Å²) in [6, 6.07) is 17.9. The number of anilines is 1. The molecule has 2 heterocycles. The van der Waals surface area contributed by atoms with Crippen molar-refractivity contribution < 1.29 is 5.11 Å². The van der Waals surface area contributed by atoms with Crippen molar-refractivity contribution in [3.05, 3.63) is 54.6 Å². The third kappa shape index (κ3) is 2.80. The van der Waals surface area contributed by atoms with Crippen molar-refractivity contribution in [3.8, 4) is 17.1 Å². The lowest BCUT2D eigenvalue weighted by molar-refractivity contribution is 0.460. The first-order chi connectivity index (χ1) is 11.9. The molecule has 25 heavy (non-hydrogen) atoms. The molecule has 0 saturated carbocycles. The van der Waals surface area contributed by atoms with Crippen LogP contribution in [-0.4, -0.2) is 20.6 Å². The van der Waals surface area contributed by atoms with E-state index >= 15 is 0 Å². The maximum Gasteiger partial charge on any atom is 0.199 e. The average Bonchev–Trinajstić information content (AvgIpc) is 2.89. The molecule has 0 aliphatic carbocycles. The monoisotopic (exact) mass is 331 g/mol. The van der Waals surface area contributed by atoms with Crippen LogP contribution in [0, 0.1) is 0 Å². The molecule has 4 aromatic rings. The van der Waals surface area contributed by atoms with Gasteiger partial charge in [0.1, 0.15) is 0 Å². The Labute approximate surface area is 146 Å². The Morgan fingerprint density at radius 3 is 2.40 bits per heavy atom. The Morgan fingerprint density at radius 1 is 0.960 bits per heavy atom. The largest absolute Gasteiger partial charge is 0.494 e. The van der Waals surface area contributed by atoms with Gasteiger partial charge in [0, 0.05) is 27.5 Å². The lowest BCUT2D eigenvalue weighted by Gasteiger charge is -2.23.